The monoisotopic (exact) mass is 393 g/mol. The molecule has 1 saturated carbocycles. The topological polar surface area (TPSA) is 32.7 Å². The van der Waals surface area contributed by atoms with E-state index in [4.69, 9.17) is 4.74 Å². The third-order valence-corrected chi connectivity index (χ3v) is 6.70. The Morgan fingerprint density at radius 2 is 1.72 bits per heavy atom. The Morgan fingerprint density at radius 1 is 0.966 bits per heavy atom. The van der Waals surface area contributed by atoms with Crippen LogP contribution in [0.4, 0.5) is 0 Å². The fourth-order valence-corrected chi connectivity index (χ4v) is 4.91. The molecule has 1 saturated heterocycles. The first kappa shape index (κ1) is 20.3. The molecule has 1 aliphatic heterocycles. The standard InChI is InChI=1S/C26H35NO2/c1-20-16-22(8-9-24(20)19-27-13-4-5-14-27)17-23-10-11-25(28)18-26(23)29-15-12-21-6-2-3-7-21/h8-11,16,18,21,28H,2-7,12-15,17,19H2,1H3. The normalized spacial score (nSPS) is 17.8. The summed E-state index contributed by atoms with van der Waals surface area (Å²) in [6.45, 7) is 6.51. The minimum Gasteiger partial charge on any atom is -0.508 e. The number of phenols is 1. The summed E-state index contributed by atoms with van der Waals surface area (Å²) in [5.41, 5.74) is 5.27. The smallest absolute Gasteiger partial charge is 0.126 e. The third kappa shape index (κ3) is 5.54. The van der Waals surface area contributed by atoms with E-state index in [2.05, 4.69) is 30.0 Å². The summed E-state index contributed by atoms with van der Waals surface area (Å²) in [4.78, 5) is 2.55. The van der Waals surface area contributed by atoms with Crippen LogP contribution in [0.1, 0.15) is 67.2 Å². The van der Waals surface area contributed by atoms with Gasteiger partial charge in [-0.25, -0.2) is 0 Å². The van der Waals surface area contributed by atoms with Gasteiger partial charge in [0, 0.05) is 19.0 Å². The summed E-state index contributed by atoms with van der Waals surface area (Å²) in [7, 11) is 0. The highest BCUT2D eigenvalue weighted by Gasteiger charge is 2.16. The van der Waals surface area contributed by atoms with Crippen LogP contribution >= 0.6 is 0 Å². The van der Waals surface area contributed by atoms with E-state index in [9.17, 15) is 5.11 Å². The molecule has 0 unspecified atom stereocenters. The molecule has 29 heavy (non-hydrogen) atoms. The minimum atomic E-state index is 0.279. The van der Waals surface area contributed by atoms with Crippen LogP contribution in [0.5, 0.6) is 11.5 Å². The zero-order valence-electron chi connectivity index (χ0n) is 17.8. The number of hydrogen-bond donors (Lipinski definition) is 1. The molecule has 0 aromatic heterocycles. The van der Waals surface area contributed by atoms with Gasteiger partial charge < -0.3 is 9.84 Å². The summed E-state index contributed by atoms with van der Waals surface area (Å²) in [5, 5.41) is 9.95. The van der Waals surface area contributed by atoms with Crippen LogP contribution in [-0.4, -0.2) is 29.7 Å². The van der Waals surface area contributed by atoms with Crippen molar-refractivity contribution in [3.8, 4) is 11.5 Å². The Bertz CT molecular complexity index is 804. The molecule has 2 aliphatic rings. The summed E-state index contributed by atoms with van der Waals surface area (Å²) in [5.74, 6) is 1.94. The average Bonchev–Trinajstić information content (AvgIpc) is 3.40. The Morgan fingerprint density at radius 3 is 2.48 bits per heavy atom. The third-order valence-electron chi connectivity index (χ3n) is 6.70. The van der Waals surface area contributed by atoms with Gasteiger partial charge in [0.05, 0.1) is 6.61 Å². The van der Waals surface area contributed by atoms with Gasteiger partial charge in [-0.3, -0.25) is 4.90 Å². The van der Waals surface area contributed by atoms with Gasteiger partial charge in [-0.15, -0.1) is 0 Å². The van der Waals surface area contributed by atoms with Gasteiger partial charge >= 0.3 is 0 Å². The van der Waals surface area contributed by atoms with E-state index in [1.165, 1.54) is 68.3 Å². The molecule has 0 atom stereocenters. The van der Waals surface area contributed by atoms with Gasteiger partial charge in [0.25, 0.3) is 0 Å². The molecule has 156 valence electrons. The number of phenolic OH excluding ortho intramolecular Hbond substituents is 1. The fraction of sp³-hybridized carbons (Fsp3) is 0.538. The Labute approximate surface area is 175 Å². The van der Waals surface area contributed by atoms with Crippen molar-refractivity contribution in [3.05, 3.63) is 58.7 Å². The SMILES string of the molecule is Cc1cc(Cc2ccc(O)cc2OCCC2CCCC2)ccc1CN1CCCC1. The van der Waals surface area contributed by atoms with Gasteiger partial charge in [-0.2, -0.15) is 0 Å². The minimum absolute atomic E-state index is 0.279. The van der Waals surface area contributed by atoms with E-state index in [0.29, 0.717) is 0 Å². The van der Waals surface area contributed by atoms with Crippen LogP contribution in [0.3, 0.4) is 0 Å². The molecule has 2 aromatic rings. The zero-order valence-corrected chi connectivity index (χ0v) is 17.8. The molecule has 3 heteroatoms. The summed E-state index contributed by atoms with van der Waals surface area (Å²) in [6.07, 6.45) is 10.1. The second kappa shape index (κ2) is 9.67. The van der Waals surface area contributed by atoms with Gasteiger partial charge in [-0.1, -0.05) is 49.9 Å². The predicted molar refractivity (Wildman–Crippen MR) is 119 cm³/mol. The molecule has 2 fully saturated rings. The molecule has 1 N–H and O–H groups in total. The first-order chi connectivity index (χ1) is 14.2. The molecular weight excluding hydrogens is 358 g/mol. The largest absolute Gasteiger partial charge is 0.508 e. The molecular formula is C26H35NO2. The number of likely N-dealkylation sites (tertiary alicyclic amines) is 1. The quantitative estimate of drug-likeness (QED) is 0.611. The van der Waals surface area contributed by atoms with Crippen LogP contribution in [0.25, 0.3) is 0 Å². The maximum Gasteiger partial charge on any atom is 0.126 e. The van der Waals surface area contributed by atoms with Crippen molar-refractivity contribution in [2.45, 2.75) is 64.8 Å². The van der Waals surface area contributed by atoms with Gasteiger partial charge in [0.1, 0.15) is 11.5 Å². The highest BCUT2D eigenvalue weighted by molar-refractivity contribution is 5.43. The lowest BCUT2D eigenvalue weighted by molar-refractivity contribution is 0.276. The first-order valence-corrected chi connectivity index (χ1v) is 11.4. The van der Waals surface area contributed by atoms with E-state index in [1.54, 1.807) is 12.1 Å². The molecule has 0 radical (unpaired) electrons. The molecule has 3 nitrogen and oxygen atoms in total. The van der Waals surface area contributed by atoms with E-state index >= 15 is 0 Å². The lowest BCUT2D eigenvalue weighted by atomic mass is 9.99. The van der Waals surface area contributed by atoms with E-state index < -0.39 is 0 Å². The van der Waals surface area contributed by atoms with Crippen molar-refractivity contribution in [2.75, 3.05) is 19.7 Å². The molecule has 1 heterocycles. The zero-order chi connectivity index (χ0) is 20.1. The second-order valence-corrected chi connectivity index (χ2v) is 9.00. The number of nitrogens with zero attached hydrogens (tertiary/aromatic N) is 1. The number of aryl methyl sites for hydroxylation is 1. The van der Waals surface area contributed by atoms with Gasteiger partial charge in [0.15, 0.2) is 0 Å². The van der Waals surface area contributed by atoms with Gasteiger partial charge in [-0.05, 0) is 73.5 Å². The summed E-state index contributed by atoms with van der Waals surface area (Å²) >= 11 is 0. The van der Waals surface area contributed by atoms with Gasteiger partial charge in [0.2, 0.25) is 0 Å². The molecule has 0 spiro atoms. The lowest BCUT2D eigenvalue weighted by Crippen LogP contribution is -2.19. The molecule has 4 rings (SSSR count). The molecule has 1 aliphatic carbocycles. The van der Waals surface area contributed by atoms with E-state index in [1.807, 2.05) is 6.07 Å². The Balaban J connectivity index is 1.40. The predicted octanol–water partition coefficient (Wildman–Crippen LogP) is 5.85. The summed E-state index contributed by atoms with van der Waals surface area (Å²) < 4.78 is 6.13. The lowest BCUT2D eigenvalue weighted by Gasteiger charge is -2.17. The average molecular weight is 394 g/mol. The number of ether oxygens (including phenoxy) is 1. The number of hydrogen-bond acceptors (Lipinski definition) is 3. The van der Waals surface area contributed by atoms with Crippen molar-refractivity contribution < 1.29 is 9.84 Å². The van der Waals surface area contributed by atoms with Crippen LogP contribution in [0, 0.1) is 12.8 Å². The van der Waals surface area contributed by atoms with Crippen molar-refractivity contribution in [3.63, 3.8) is 0 Å². The fourth-order valence-electron chi connectivity index (χ4n) is 4.91. The summed E-state index contributed by atoms with van der Waals surface area (Å²) in [6, 6.07) is 12.4. The molecule has 0 amide bonds. The number of rotatable bonds is 8. The van der Waals surface area contributed by atoms with E-state index in [0.717, 1.165) is 43.2 Å². The number of benzene rings is 2. The van der Waals surface area contributed by atoms with Crippen molar-refractivity contribution in [1.29, 1.82) is 0 Å². The van der Waals surface area contributed by atoms with Crippen molar-refractivity contribution in [2.24, 2.45) is 5.92 Å². The van der Waals surface area contributed by atoms with Crippen LogP contribution in [0.15, 0.2) is 36.4 Å². The molecule has 2 aromatic carbocycles. The van der Waals surface area contributed by atoms with Crippen LogP contribution < -0.4 is 4.74 Å². The van der Waals surface area contributed by atoms with Crippen LogP contribution in [-0.2, 0) is 13.0 Å². The number of aromatic hydroxyl groups is 1. The molecule has 0 bridgehead atoms. The Hall–Kier alpha value is -2.00. The maximum atomic E-state index is 9.95. The maximum absolute atomic E-state index is 9.95. The second-order valence-electron chi connectivity index (χ2n) is 9.00. The van der Waals surface area contributed by atoms with Crippen molar-refractivity contribution in [1.82, 2.24) is 4.90 Å². The highest BCUT2D eigenvalue weighted by Crippen LogP contribution is 2.30. The first-order valence-electron chi connectivity index (χ1n) is 11.4. The van der Waals surface area contributed by atoms with Crippen LogP contribution in [0.2, 0.25) is 0 Å². The highest BCUT2D eigenvalue weighted by atomic mass is 16.5. The van der Waals surface area contributed by atoms with Crippen molar-refractivity contribution >= 4 is 0 Å². The Kier molecular flexibility index (Phi) is 6.76. The van der Waals surface area contributed by atoms with E-state index in [-0.39, 0.29) is 5.75 Å².